The van der Waals surface area contributed by atoms with E-state index in [9.17, 15) is 0 Å². The maximum Gasteiger partial charge on any atom is 0.144 e. The van der Waals surface area contributed by atoms with Crippen LogP contribution in [0.3, 0.4) is 0 Å². The molecule has 0 aromatic heterocycles. The van der Waals surface area contributed by atoms with Gasteiger partial charge in [0.25, 0.3) is 0 Å². The minimum absolute atomic E-state index is 0.276. The van der Waals surface area contributed by atoms with Crippen LogP contribution in [0.25, 0.3) is 0 Å². The fourth-order valence-electron chi connectivity index (χ4n) is 1.99. The zero-order valence-corrected chi connectivity index (χ0v) is 13.1. The van der Waals surface area contributed by atoms with E-state index in [0.717, 1.165) is 30.6 Å². The average molecular weight is 294 g/mol. The van der Waals surface area contributed by atoms with E-state index in [0.29, 0.717) is 13.2 Å². The molecular weight excluding hydrogens is 268 g/mol. The molecule has 0 radical (unpaired) electrons. The van der Waals surface area contributed by atoms with Gasteiger partial charge in [-0.1, -0.05) is 37.6 Å². The summed E-state index contributed by atoms with van der Waals surface area (Å²) in [5, 5.41) is 11.8. The van der Waals surface area contributed by atoms with Crippen molar-refractivity contribution in [2.45, 2.75) is 39.7 Å². The maximum absolute atomic E-state index is 8.71. The summed E-state index contributed by atoms with van der Waals surface area (Å²) in [6.45, 7) is 5.22. The molecule has 1 aromatic rings. The molecule has 21 heavy (non-hydrogen) atoms. The normalized spacial score (nSPS) is 12.4. The van der Waals surface area contributed by atoms with E-state index in [2.05, 4.69) is 5.16 Å². The third-order valence-electron chi connectivity index (χ3n) is 3.54. The number of oxime groups is 1. The minimum atomic E-state index is -0.276. The van der Waals surface area contributed by atoms with Crippen molar-refractivity contribution in [2.75, 3.05) is 13.7 Å². The highest BCUT2D eigenvalue weighted by atomic mass is 16.5. The van der Waals surface area contributed by atoms with Crippen molar-refractivity contribution in [2.24, 2.45) is 16.3 Å². The summed E-state index contributed by atoms with van der Waals surface area (Å²) in [6.07, 6.45) is 2.79. The fraction of sp³-hybridized carbons (Fsp3) is 0.562. The summed E-state index contributed by atoms with van der Waals surface area (Å²) in [7, 11) is 1.66. The Morgan fingerprint density at radius 3 is 2.76 bits per heavy atom. The van der Waals surface area contributed by atoms with Crippen LogP contribution < -0.4 is 10.5 Å². The summed E-state index contributed by atoms with van der Waals surface area (Å²) in [4.78, 5) is 0. The van der Waals surface area contributed by atoms with Crippen molar-refractivity contribution in [3.05, 3.63) is 29.8 Å². The number of hydrogen-bond donors (Lipinski definition) is 2. The molecule has 5 nitrogen and oxygen atoms in total. The summed E-state index contributed by atoms with van der Waals surface area (Å²) < 4.78 is 10.8. The number of rotatable bonds is 9. The number of hydrogen-bond acceptors (Lipinski definition) is 4. The minimum Gasteiger partial charge on any atom is -0.497 e. The second-order valence-electron chi connectivity index (χ2n) is 5.73. The summed E-state index contributed by atoms with van der Waals surface area (Å²) in [6, 6.07) is 7.86. The highest BCUT2D eigenvalue weighted by Gasteiger charge is 2.22. The average Bonchev–Trinajstić information content (AvgIpc) is 2.50. The Hall–Kier alpha value is -1.75. The Morgan fingerprint density at radius 2 is 2.10 bits per heavy atom. The Bertz CT molecular complexity index is 459. The Labute approximate surface area is 126 Å². The molecule has 1 rings (SSSR count). The monoisotopic (exact) mass is 294 g/mol. The molecule has 0 aliphatic rings. The van der Waals surface area contributed by atoms with E-state index in [1.807, 2.05) is 38.1 Å². The lowest BCUT2D eigenvalue weighted by atomic mass is 9.86. The number of nitrogens with zero attached hydrogens (tertiary/aromatic N) is 1. The predicted molar refractivity (Wildman–Crippen MR) is 83.7 cm³/mol. The van der Waals surface area contributed by atoms with Gasteiger partial charge in [0.2, 0.25) is 0 Å². The zero-order chi connectivity index (χ0) is 15.7. The molecule has 0 fully saturated rings. The van der Waals surface area contributed by atoms with Crippen LogP contribution in [0, 0.1) is 5.41 Å². The molecule has 0 spiro atoms. The van der Waals surface area contributed by atoms with Gasteiger partial charge in [0.05, 0.1) is 13.7 Å². The lowest BCUT2D eigenvalue weighted by molar-refractivity contribution is 0.115. The van der Waals surface area contributed by atoms with Crippen molar-refractivity contribution < 1.29 is 14.7 Å². The third kappa shape index (κ3) is 6.04. The second-order valence-corrected chi connectivity index (χ2v) is 5.73. The number of amidine groups is 1. The molecular formula is C16H26N2O3. The van der Waals surface area contributed by atoms with E-state index in [4.69, 9.17) is 20.4 Å². The van der Waals surface area contributed by atoms with Crippen molar-refractivity contribution >= 4 is 5.84 Å². The first-order chi connectivity index (χ1) is 9.99. The number of nitrogens with two attached hydrogens (primary N) is 1. The van der Waals surface area contributed by atoms with Gasteiger partial charge in [-0.25, -0.2) is 0 Å². The van der Waals surface area contributed by atoms with Gasteiger partial charge in [0, 0.05) is 12.0 Å². The van der Waals surface area contributed by atoms with Gasteiger partial charge in [0.1, 0.15) is 11.6 Å². The number of benzene rings is 1. The van der Waals surface area contributed by atoms with Crippen LogP contribution in [0.4, 0.5) is 0 Å². The molecule has 1 aromatic carbocycles. The first-order valence-electron chi connectivity index (χ1n) is 7.18. The molecule has 0 aliphatic carbocycles. The molecule has 0 amide bonds. The van der Waals surface area contributed by atoms with Gasteiger partial charge in [0.15, 0.2) is 0 Å². The van der Waals surface area contributed by atoms with Gasteiger partial charge in [-0.05, 0) is 30.5 Å². The molecule has 0 unspecified atom stereocenters. The SMILES string of the molecule is COc1cccc(COCCCCC(C)(C)/C(N)=N/O)c1. The summed E-state index contributed by atoms with van der Waals surface area (Å²) >= 11 is 0. The smallest absolute Gasteiger partial charge is 0.144 e. The van der Waals surface area contributed by atoms with Gasteiger partial charge >= 0.3 is 0 Å². The van der Waals surface area contributed by atoms with Crippen LogP contribution in [-0.2, 0) is 11.3 Å². The fourth-order valence-corrected chi connectivity index (χ4v) is 1.99. The third-order valence-corrected chi connectivity index (χ3v) is 3.54. The van der Waals surface area contributed by atoms with Crippen molar-refractivity contribution in [3.8, 4) is 5.75 Å². The van der Waals surface area contributed by atoms with Crippen LogP contribution in [-0.4, -0.2) is 24.8 Å². The van der Waals surface area contributed by atoms with E-state index < -0.39 is 0 Å². The molecule has 0 saturated carbocycles. The molecule has 5 heteroatoms. The predicted octanol–water partition coefficient (Wildman–Crippen LogP) is 3.15. The van der Waals surface area contributed by atoms with Crippen molar-refractivity contribution in [1.82, 2.24) is 0 Å². The van der Waals surface area contributed by atoms with Crippen molar-refractivity contribution in [1.29, 1.82) is 0 Å². The van der Waals surface area contributed by atoms with E-state index in [-0.39, 0.29) is 11.3 Å². The Kier molecular flexibility index (Phi) is 7.02. The van der Waals surface area contributed by atoms with Crippen LogP contribution in [0.2, 0.25) is 0 Å². The van der Waals surface area contributed by atoms with E-state index in [1.165, 1.54) is 0 Å². The molecule has 0 bridgehead atoms. The molecule has 3 N–H and O–H groups in total. The first kappa shape index (κ1) is 17.3. The van der Waals surface area contributed by atoms with Crippen LogP contribution in [0.1, 0.15) is 38.7 Å². The van der Waals surface area contributed by atoms with Gasteiger partial charge in [-0.2, -0.15) is 0 Å². The Balaban J connectivity index is 2.20. The standard InChI is InChI=1S/C16H26N2O3/c1-16(2,15(17)18-19)9-4-5-10-21-12-13-7-6-8-14(11-13)20-3/h6-8,11,19H,4-5,9-10,12H2,1-3H3,(H2,17,18). The first-order valence-corrected chi connectivity index (χ1v) is 7.18. The lowest BCUT2D eigenvalue weighted by Crippen LogP contribution is -2.31. The highest BCUT2D eigenvalue weighted by molar-refractivity contribution is 5.85. The molecule has 0 saturated heterocycles. The largest absolute Gasteiger partial charge is 0.497 e. The second kappa shape index (κ2) is 8.52. The quantitative estimate of drug-likeness (QED) is 0.241. The van der Waals surface area contributed by atoms with Crippen LogP contribution in [0.5, 0.6) is 5.75 Å². The van der Waals surface area contributed by atoms with Crippen LogP contribution in [0.15, 0.2) is 29.4 Å². The highest BCUT2D eigenvalue weighted by Crippen LogP contribution is 2.23. The lowest BCUT2D eigenvalue weighted by Gasteiger charge is -2.22. The molecule has 118 valence electrons. The number of unbranched alkanes of at least 4 members (excludes halogenated alkanes) is 1. The van der Waals surface area contributed by atoms with Gasteiger partial charge < -0.3 is 20.4 Å². The van der Waals surface area contributed by atoms with E-state index in [1.54, 1.807) is 7.11 Å². The van der Waals surface area contributed by atoms with Crippen molar-refractivity contribution in [3.63, 3.8) is 0 Å². The van der Waals surface area contributed by atoms with Gasteiger partial charge in [-0.15, -0.1) is 0 Å². The number of ether oxygens (including phenoxy) is 2. The van der Waals surface area contributed by atoms with Crippen LogP contribution >= 0.6 is 0 Å². The topological polar surface area (TPSA) is 77.1 Å². The Morgan fingerprint density at radius 1 is 1.33 bits per heavy atom. The summed E-state index contributed by atoms with van der Waals surface area (Å²) in [5.74, 6) is 1.12. The summed E-state index contributed by atoms with van der Waals surface area (Å²) in [5.41, 5.74) is 6.48. The van der Waals surface area contributed by atoms with E-state index >= 15 is 0 Å². The van der Waals surface area contributed by atoms with Gasteiger partial charge in [-0.3, -0.25) is 0 Å². The number of methoxy groups -OCH3 is 1. The molecule has 0 aliphatic heterocycles. The molecule has 0 atom stereocenters. The zero-order valence-electron chi connectivity index (χ0n) is 13.1. The maximum atomic E-state index is 8.71. The molecule has 0 heterocycles.